The Kier molecular flexibility index (Phi) is 3.80. The number of hydrogen-bond donors (Lipinski definition) is 1. The maximum atomic E-state index is 12.2. The van der Waals surface area contributed by atoms with Gasteiger partial charge in [-0.2, -0.15) is 10.2 Å². The van der Waals surface area contributed by atoms with E-state index in [-0.39, 0.29) is 11.9 Å². The van der Waals surface area contributed by atoms with Crippen LogP contribution in [0.2, 0.25) is 0 Å². The van der Waals surface area contributed by atoms with E-state index in [2.05, 4.69) is 30.0 Å². The standard InChI is InChI=1S/C17H22N6O/c1-22-12-18-9-15(22)10-23-5-3-17(11-23)6-14(7-17)21-16(24)13-2-4-19-20-8-13/h2,4,8-9,12,14H,3,5-7,10-11H2,1H3,(H,21,24). The second-order valence-corrected chi connectivity index (χ2v) is 7.17. The van der Waals surface area contributed by atoms with Gasteiger partial charge in [0.05, 0.1) is 30.0 Å². The van der Waals surface area contributed by atoms with Crippen molar-refractivity contribution in [3.05, 3.63) is 42.2 Å². The summed E-state index contributed by atoms with van der Waals surface area (Å²) in [6.07, 6.45) is 10.2. The van der Waals surface area contributed by atoms with E-state index in [0.29, 0.717) is 11.0 Å². The normalized spacial score (nSPS) is 26.5. The molecule has 2 fully saturated rings. The monoisotopic (exact) mass is 326 g/mol. The zero-order chi connectivity index (χ0) is 16.6. The summed E-state index contributed by atoms with van der Waals surface area (Å²) in [5, 5.41) is 10.6. The lowest BCUT2D eigenvalue weighted by atomic mass is 9.65. The van der Waals surface area contributed by atoms with Crippen LogP contribution in [0, 0.1) is 5.41 Å². The number of hydrogen-bond acceptors (Lipinski definition) is 5. The van der Waals surface area contributed by atoms with Crippen LogP contribution in [0.4, 0.5) is 0 Å². The van der Waals surface area contributed by atoms with E-state index in [1.54, 1.807) is 12.3 Å². The minimum atomic E-state index is -0.0468. The van der Waals surface area contributed by atoms with E-state index in [1.165, 1.54) is 18.3 Å². The van der Waals surface area contributed by atoms with Gasteiger partial charge in [-0.1, -0.05) is 0 Å². The van der Waals surface area contributed by atoms with Gasteiger partial charge in [-0.3, -0.25) is 9.69 Å². The van der Waals surface area contributed by atoms with Gasteiger partial charge in [0.25, 0.3) is 5.91 Å². The van der Waals surface area contributed by atoms with Gasteiger partial charge in [0.2, 0.25) is 0 Å². The highest BCUT2D eigenvalue weighted by atomic mass is 16.1. The van der Waals surface area contributed by atoms with Crippen LogP contribution in [0.1, 0.15) is 35.3 Å². The molecule has 126 valence electrons. The van der Waals surface area contributed by atoms with Crippen molar-refractivity contribution in [1.82, 2.24) is 30.0 Å². The van der Waals surface area contributed by atoms with E-state index in [0.717, 1.165) is 32.5 Å². The first-order chi connectivity index (χ1) is 11.6. The average molecular weight is 326 g/mol. The van der Waals surface area contributed by atoms with Gasteiger partial charge >= 0.3 is 0 Å². The third-order valence-electron chi connectivity index (χ3n) is 5.36. The lowest BCUT2D eigenvalue weighted by molar-refractivity contribution is 0.0692. The van der Waals surface area contributed by atoms with E-state index in [4.69, 9.17) is 0 Å². The van der Waals surface area contributed by atoms with Gasteiger partial charge in [-0.15, -0.1) is 0 Å². The van der Waals surface area contributed by atoms with Crippen molar-refractivity contribution in [2.75, 3.05) is 13.1 Å². The zero-order valence-corrected chi connectivity index (χ0v) is 13.9. The molecule has 0 bridgehead atoms. The number of carbonyl (C=O) groups is 1. The van der Waals surface area contributed by atoms with Gasteiger partial charge in [0.15, 0.2) is 0 Å². The van der Waals surface area contributed by atoms with Gasteiger partial charge < -0.3 is 9.88 Å². The number of aromatic nitrogens is 4. The van der Waals surface area contributed by atoms with Crippen LogP contribution >= 0.6 is 0 Å². The smallest absolute Gasteiger partial charge is 0.253 e. The highest BCUT2D eigenvalue weighted by Crippen LogP contribution is 2.48. The van der Waals surface area contributed by atoms with Crippen molar-refractivity contribution in [2.45, 2.75) is 31.8 Å². The van der Waals surface area contributed by atoms with Gasteiger partial charge in [-0.25, -0.2) is 4.98 Å². The number of rotatable bonds is 4. The second-order valence-electron chi connectivity index (χ2n) is 7.17. The van der Waals surface area contributed by atoms with Crippen LogP contribution in [-0.4, -0.2) is 49.7 Å². The maximum absolute atomic E-state index is 12.2. The average Bonchev–Trinajstić information content (AvgIpc) is 3.15. The Balaban J connectivity index is 1.28. The van der Waals surface area contributed by atoms with Crippen molar-refractivity contribution in [3.63, 3.8) is 0 Å². The molecule has 0 radical (unpaired) electrons. The van der Waals surface area contributed by atoms with Crippen molar-refractivity contribution in [1.29, 1.82) is 0 Å². The predicted molar refractivity (Wildman–Crippen MR) is 88.1 cm³/mol. The lowest BCUT2D eigenvalue weighted by Crippen LogP contribution is -2.51. The largest absolute Gasteiger partial charge is 0.349 e. The molecule has 3 heterocycles. The highest BCUT2D eigenvalue weighted by Gasteiger charge is 2.48. The fourth-order valence-electron chi connectivity index (χ4n) is 4.04. The zero-order valence-electron chi connectivity index (χ0n) is 13.9. The van der Waals surface area contributed by atoms with E-state index >= 15 is 0 Å². The van der Waals surface area contributed by atoms with Crippen molar-refractivity contribution < 1.29 is 4.79 Å². The summed E-state index contributed by atoms with van der Waals surface area (Å²) >= 11 is 0. The SMILES string of the molecule is Cn1cncc1CN1CCC2(CC(NC(=O)c3ccnnc3)C2)C1. The topological polar surface area (TPSA) is 75.9 Å². The summed E-state index contributed by atoms with van der Waals surface area (Å²) in [6, 6.07) is 1.98. The Morgan fingerprint density at radius 1 is 1.38 bits per heavy atom. The van der Waals surface area contributed by atoms with E-state index < -0.39 is 0 Å². The molecule has 1 N–H and O–H groups in total. The van der Waals surface area contributed by atoms with E-state index in [9.17, 15) is 4.79 Å². The van der Waals surface area contributed by atoms with E-state index in [1.807, 2.05) is 19.6 Å². The van der Waals surface area contributed by atoms with Crippen LogP contribution in [0.3, 0.4) is 0 Å². The first kappa shape index (κ1) is 15.3. The number of nitrogens with zero attached hydrogens (tertiary/aromatic N) is 5. The van der Waals surface area contributed by atoms with Crippen LogP contribution in [0.15, 0.2) is 31.0 Å². The van der Waals surface area contributed by atoms with Crippen molar-refractivity contribution >= 4 is 5.91 Å². The summed E-state index contributed by atoms with van der Waals surface area (Å²) in [7, 11) is 2.04. The molecular weight excluding hydrogens is 304 g/mol. The molecule has 1 aliphatic carbocycles. The van der Waals surface area contributed by atoms with Gasteiger partial charge in [0.1, 0.15) is 0 Å². The van der Waals surface area contributed by atoms with Crippen LogP contribution in [-0.2, 0) is 13.6 Å². The number of nitrogens with one attached hydrogen (secondary N) is 1. The molecule has 0 aromatic carbocycles. The first-order valence-electron chi connectivity index (χ1n) is 8.39. The molecule has 1 amide bonds. The fraction of sp³-hybridized carbons (Fsp3) is 0.529. The molecule has 2 aromatic rings. The Bertz CT molecular complexity index is 722. The van der Waals surface area contributed by atoms with Crippen molar-refractivity contribution in [3.8, 4) is 0 Å². The molecule has 2 aromatic heterocycles. The molecule has 1 spiro atoms. The Hall–Kier alpha value is -2.28. The Labute approximate surface area is 141 Å². The molecule has 1 saturated heterocycles. The summed E-state index contributed by atoms with van der Waals surface area (Å²) < 4.78 is 2.08. The third kappa shape index (κ3) is 2.91. The molecule has 4 rings (SSSR count). The second kappa shape index (κ2) is 5.98. The minimum Gasteiger partial charge on any atom is -0.349 e. The Morgan fingerprint density at radius 2 is 2.25 bits per heavy atom. The number of aryl methyl sites for hydroxylation is 1. The van der Waals surface area contributed by atoms with Gasteiger partial charge in [0, 0.05) is 32.4 Å². The summed E-state index contributed by atoms with van der Waals surface area (Å²) in [4.78, 5) is 18.9. The number of likely N-dealkylation sites (tertiary alicyclic amines) is 1. The molecule has 7 heteroatoms. The first-order valence-corrected chi connectivity index (χ1v) is 8.39. The quantitative estimate of drug-likeness (QED) is 0.907. The molecule has 1 saturated carbocycles. The third-order valence-corrected chi connectivity index (χ3v) is 5.36. The predicted octanol–water partition coefficient (Wildman–Crippen LogP) is 0.995. The molecule has 2 aliphatic rings. The molecule has 0 atom stereocenters. The minimum absolute atomic E-state index is 0.0468. The van der Waals surface area contributed by atoms with Crippen LogP contribution in [0.5, 0.6) is 0 Å². The van der Waals surface area contributed by atoms with Crippen LogP contribution in [0.25, 0.3) is 0 Å². The van der Waals surface area contributed by atoms with Gasteiger partial charge in [-0.05, 0) is 37.3 Å². The molecule has 24 heavy (non-hydrogen) atoms. The molecular formula is C17H22N6O. The summed E-state index contributed by atoms with van der Waals surface area (Å²) in [5.41, 5.74) is 2.21. The molecule has 1 aliphatic heterocycles. The molecule has 0 unspecified atom stereocenters. The van der Waals surface area contributed by atoms with Crippen LogP contribution < -0.4 is 5.32 Å². The number of imidazole rings is 1. The molecule has 7 nitrogen and oxygen atoms in total. The maximum Gasteiger partial charge on any atom is 0.253 e. The summed E-state index contributed by atoms with van der Waals surface area (Å²) in [6.45, 7) is 3.19. The fourth-order valence-corrected chi connectivity index (χ4v) is 4.04. The number of carbonyl (C=O) groups excluding carboxylic acids is 1. The van der Waals surface area contributed by atoms with Crippen molar-refractivity contribution in [2.24, 2.45) is 12.5 Å². The lowest BCUT2D eigenvalue weighted by Gasteiger charge is -2.45. The highest BCUT2D eigenvalue weighted by molar-refractivity contribution is 5.94. The Morgan fingerprint density at radius 3 is 2.96 bits per heavy atom. The summed E-state index contributed by atoms with van der Waals surface area (Å²) in [5.74, 6) is -0.0468. The number of amides is 1.